The molecule has 0 atom stereocenters. The minimum absolute atomic E-state index is 0.188. The van der Waals surface area contributed by atoms with Crippen LogP contribution >= 0.6 is 0 Å². The molecule has 1 fully saturated rings. The van der Waals surface area contributed by atoms with Gasteiger partial charge in [0.15, 0.2) is 5.82 Å². The number of rotatable bonds is 7. The fraction of sp³-hybridized carbons (Fsp3) is 0.304. The van der Waals surface area contributed by atoms with Crippen LogP contribution in [0.4, 0.5) is 5.82 Å². The number of nitrogens with one attached hydrogen (secondary N) is 2. The highest BCUT2D eigenvalue weighted by Crippen LogP contribution is 2.30. The second-order valence-corrected chi connectivity index (χ2v) is 7.68. The standard InChI is InChI=1S/C23H27N7O/c1-24-10-17(11-25-2)21-13-26-22(29-23(21)28-19-8-20(31)9-19)16-6-4-5-15(7-16)18-12-27-30(3)14-18/h4-7,10-14,19-20,24,31H,8-9H2,1-3H3,(H,26,28,29)/b17-10+,25-11-/t19-,20+. The summed E-state index contributed by atoms with van der Waals surface area (Å²) in [6.45, 7) is 0. The first-order chi connectivity index (χ1) is 15.1. The minimum Gasteiger partial charge on any atom is -0.393 e. The second-order valence-electron chi connectivity index (χ2n) is 7.68. The second kappa shape index (κ2) is 9.09. The maximum absolute atomic E-state index is 9.69. The van der Waals surface area contributed by atoms with E-state index < -0.39 is 0 Å². The molecule has 2 aromatic heterocycles. The first kappa shape index (κ1) is 20.7. The van der Waals surface area contributed by atoms with Crippen LogP contribution in [0.3, 0.4) is 0 Å². The molecule has 1 aromatic carbocycles. The summed E-state index contributed by atoms with van der Waals surface area (Å²) in [6.07, 6.45) is 10.5. The average molecular weight is 418 g/mol. The Morgan fingerprint density at radius 2 is 2.03 bits per heavy atom. The molecule has 2 heterocycles. The Kier molecular flexibility index (Phi) is 6.08. The van der Waals surface area contributed by atoms with Gasteiger partial charge in [-0.1, -0.05) is 18.2 Å². The third-order valence-corrected chi connectivity index (χ3v) is 5.28. The Morgan fingerprint density at radius 3 is 2.71 bits per heavy atom. The van der Waals surface area contributed by atoms with E-state index in [2.05, 4.69) is 37.8 Å². The Labute approximate surface area is 181 Å². The van der Waals surface area contributed by atoms with E-state index in [1.54, 1.807) is 17.9 Å². The normalized spacial score (nSPS) is 18.8. The largest absolute Gasteiger partial charge is 0.393 e. The molecule has 0 spiro atoms. The molecule has 3 N–H and O–H groups in total. The van der Waals surface area contributed by atoms with Gasteiger partial charge in [0, 0.05) is 74.3 Å². The van der Waals surface area contributed by atoms with Gasteiger partial charge in [0.25, 0.3) is 0 Å². The molecule has 8 heteroatoms. The number of hydrogen-bond acceptors (Lipinski definition) is 7. The molecule has 160 valence electrons. The molecule has 8 nitrogen and oxygen atoms in total. The van der Waals surface area contributed by atoms with Crippen molar-refractivity contribution in [3.8, 4) is 22.5 Å². The van der Waals surface area contributed by atoms with E-state index in [1.807, 2.05) is 51.0 Å². The SMILES string of the molecule is C/N=C\C(=C/NC)c1cnc(-c2cccc(-c3cnn(C)c3)c2)nc1N[C@H]1C[C@@H](O)C1. The summed E-state index contributed by atoms with van der Waals surface area (Å²) in [7, 11) is 5.48. The number of allylic oxidation sites excluding steroid dienone is 1. The maximum atomic E-state index is 9.69. The highest BCUT2D eigenvalue weighted by Gasteiger charge is 2.28. The Bertz CT molecular complexity index is 1110. The van der Waals surface area contributed by atoms with Crippen molar-refractivity contribution in [2.45, 2.75) is 25.0 Å². The lowest BCUT2D eigenvalue weighted by Crippen LogP contribution is -2.39. The Morgan fingerprint density at radius 1 is 1.23 bits per heavy atom. The molecule has 4 rings (SSSR count). The van der Waals surface area contributed by atoms with E-state index >= 15 is 0 Å². The summed E-state index contributed by atoms with van der Waals surface area (Å²) >= 11 is 0. The topological polar surface area (TPSA) is 100 Å². The highest BCUT2D eigenvalue weighted by atomic mass is 16.3. The minimum atomic E-state index is -0.247. The maximum Gasteiger partial charge on any atom is 0.161 e. The third-order valence-electron chi connectivity index (χ3n) is 5.28. The number of nitrogens with zero attached hydrogens (tertiary/aromatic N) is 5. The zero-order valence-corrected chi connectivity index (χ0v) is 17.9. The molecule has 1 aliphatic rings. The molecule has 0 bridgehead atoms. The predicted octanol–water partition coefficient (Wildman–Crippen LogP) is 2.74. The van der Waals surface area contributed by atoms with Crippen LogP contribution in [0.25, 0.3) is 28.1 Å². The molecule has 1 aliphatic carbocycles. The van der Waals surface area contributed by atoms with Crippen LogP contribution in [0.15, 0.2) is 54.0 Å². The van der Waals surface area contributed by atoms with Gasteiger partial charge < -0.3 is 15.7 Å². The Balaban J connectivity index is 1.73. The fourth-order valence-corrected chi connectivity index (χ4v) is 3.63. The highest BCUT2D eigenvalue weighted by molar-refractivity contribution is 6.11. The molecular formula is C23H27N7O. The number of hydrogen-bond donors (Lipinski definition) is 3. The van der Waals surface area contributed by atoms with Gasteiger partial charge in [-0.05, 0) is 24.5 Å². The lowest BCUT2D eigenvalue weighted by atomic mass is 9.89. The van der Waals surface area contributed by atoms with Crippen LogP contribution in [-0.4, -0.2) is 57.3 Å². The lowest BCUT2D eigenvalue weighted by molar-refractivity contribution is 0.0835. The van der Waals surface area contributed by atoms with Crippen molar-refractivity contribution in [2.75, 3.05) is 19.4 Å². The average Bonchev–Trinajstić information content (AvgIpc) is 3.19. The number of benzene rings is 1. The van der Waals surface area contributed by atoms with Crippen LogP contribution < -0.4 is 10.6 Å². The molecule has 0 aliphatic heterocycles. The predicted molar refractivity (Wildman–Crippen MR) is 124 cm³/mol. The molecule has 1 saturated carbocycles. The first-order valence-corrected chi connectivity index (χ1v) is 10.3. The summed E-state index contributed by atoms with van der Waals surface area (Å²) in [5, 5.41) is 20.5. The molecule has 3 aromatic rings. The molecule has 0 unspecified atom stereocenters. The molecular weight excluding hydrogens is 390 g/mol. The zero-order chi connectivity index (χ0) is 21.8. The van der Waals surface area contributed by atoms with Gasteiger partial charge in [-0.25, -0.2) is 9.97 Å². The number of aliphatic imine (C=N–C) groups is 1. The zero-order valence-electron chi connectivity index (χ0n) is 17.9. The van der Waals surface area contributed by atoms with Gasteiger partial charge in [-0.15, -0.1) is 0 Å². The Hall–Kier alpha value is -3.52. The van der Waals surface area contributed by atoms with Crippen LogP contribution in [-0.2, 0) is 7.05 Å². The van der Waals surface area contributed by atoms with Crippen molar-refractivity contribution in [3.63, 3.8) is 0 Å². The van der Waals surface area contributed by atoms with Gasteiger partial charge >= 0.3 is 0 Å². The smallest absolute Gasteiger partial charge is 0.161 e. The molecule has 31 heavy (non-hydrogen) atoms. The number of aliphatic hydroxyl groups excluding tert-OH is 1. The number of aliphatic hydroxyl groups is 1. The molecule has 0 amide bonds. The van der Waals surface area contributed by atoms with Gasteiger partial charge in [0.05, 0.1) is 12.3 Å². The van der Waals surface area contributed by atoms with Gasteiger partial charge in [0.2, 0.25) is 0 Å². The van der Waals surface area contributed by atoms with Crippen LogP contribution in [0.1, 0.15) is 18.4 Å². The van der Waals surface area contributed by atoms with Crippen LogP contribution in [0, 0.1) is 0 Å². The van der Waals surface area contributed by atoms with E-state index in [-0.39, 0.29) is 12.1 Å². The monoisotopic (exact) mass is 417 g/mol. The van der Waals surface area contributed by atoms with Crippen molar-refractivity contribution in [2.24, 2.45) is 12.0 Å². The van der Waals surface area contributed by atoms with Crippen molar-refractivity contribution in [1.29, 1.82) is 0 Å². The number of anilines is 1. The van der Waals surface area contributed by atoms with E-state index in [0.717, 1.165) is 33.6 Å². The van der Waals surface area contributed by atoms with E-state index in [0.29, 0.717) is 18.7 Å². The van der Waals surface area contributed by atoms with Crippen molar-refractivity contribution in [1.82, 2.24) is 25.1 Å². The summed E-state index contributed by atoms with van der Waals surface area (Å²) in [5.74, 6) is 1.36. The van der Waals surface area contributed by atoms with E-state index in [9.17, 15) is 5.11 Å². The van der Waals surface area contributed by atoms with Crippen molar-refractivity contribution >= 4 is 17.6 Å². The third kappa shape index (κ3) is 4.64. The number of aryl methyl sites for hydroxylation is 1. The summed E-state index contributed by atoms with van der Waals surface area (Å²) in [5.41, 5.74) is 4.76. The molecule has 0 saturated heterocycles. The summed E-state index contributed by atoms with van der Waals surface area (Å²) in [4.78, 5) is 13.7. The van der Waals surface area contributed by atoms with E-state index in [4.69, 9.17) is 4.98 Å². The van der Waals surface area contributed by atoms with Crippen LogP contribution in [0.2, 0.25) is 0 Å². The number of aromatic nitrogens is 4. The summed E-state index contributed by atoms with van der Waals surface area (Å²) < 4.78 is 1.79. The lowest BCUT2D eigenvalue weighted by Gasteiger charge is -2.33. The van der Waals surface area contributed by atoms with Crippen molar-refractivity contribution < 1.29 is 5.11 Å². The van der Waals surface area contributed by atoms with Gasteiger partial charge in [-0.2, -0.15) is 5.10 Å². The van der Waals surface area contributed by atoms with Crippen molar-refractivity contribution in [3.05, 3.63) is 54.6 Å². The van der Waals surface area contributed by atoms with Gasteiger partial charge in [-0.3, -0.25) is 9.67 Å². The quantitative estimate of drug-likeness (QED) is 0.511. The summed E-state index contributed by atoms with van der Waals surface area (Å²) in [6, 6.07) is 8.31. The molecule has 0 radical (unpaired) electrons. The fourth-order valence-electron chi connectivity index (χ4n) is 3.63. The van der Waals surface area contributed by atoms with E-state index in [1.165, 1.54) is 0 Å². The first-order valence-electron chi connectivity index (χ1n) is 10.3. The van der Waals surface area contributed by atoms with Gasteiger partial charge in [0.1, 0.15) is 5.82 Å². The van der Waals surface area contributed by atoms with Crippen LogP contribution in [0.5, 0.6) is 0 Å².